The number of fused-ring (bicyclic) bond motifs is 1. The maximum absolute atomic E-state index is 11.7. The van der Waals surface area contributed by atoms with Crippen molar-refractivity contribution in [2.75, 3.05) is 6.54 Å². The van der Waals surface area contributed by atoms with E-state index < -0.39 is 5.54 Å². The summed E-state index contributed by atoms with van der Waals surface area (Å²) in [5, 5.41) is 8.14. The van der Waals surface area contributed by atoms with E-state index in [0.717, 1.165) is 5.56 Å². The lowest BCUT2D eigenvalue weighted by molar-refractivity contribution is 0.231. The zero-order valence-electron chi connectivity index (χ0n) is 11.7. The molecule has 3 nitrogen and oxygen atoms in total. The van der Waals surface area contributed by atoms with Crippen LogP contribution in [-0.2, 0) is 5.54 Å². The highest BCUT2D eigenvalue weighted by atomic mass is 16.2. The lowest BCUT2D eigenvalue weighted by Crippen LogP contribution is -2.46. The summed E-state index contributed by atoms with van der Waals surface area (Å²) in [6.07, 6.45) is 0. The van der Waals surface area contributed by atoms with Crippen LogP contribution in [0.25, 0.3) is 10.8 Å². The second-order valence-electron chi connectivity index (χ2n) is 5.14. The van der Waals surface area contributed by atoms with E-state index in [2.05, 4.69) is 34.9 Å². The summed E-state index contributed by atoms with van der Waals surface area (Å²) in [7, 11) is 0. The molecule has 0 aliphatic rings. The smallest absolute Gasteiger partial charge is 0.315 e. The maximum atomic E-state index is 11.7. The highest BCUT2D eigenvalue weighted by Gasteiger charge is 2.24. The normalized spacial score (nSPS) is 11.3. The van der Waals surface area contributed by atoms with Crippen LogP contribution in [0.1, 0.15) is 26.3 Å². The Morgan fingerprint density at radius 2 is 1.79 bits per heavy atom. The molecule has 3 heteroatoms. The second kappa shape index (κ2) is 5.31. The molecule has 0 fully saturated rings. The van der Waals surface area contributed by atoms with E-state index in [1.807, 2.05) is 39.0 Å². The van der Waals surface area contributed by atoms with E-state index in [1.165, 1.54) is 10.8 Å². The molecule has 0 aliphatic heterocycles. The SMILES string of the molecule is CCNC(=O)NC(C)(C)c1cccc2ccccc12. The van der Waals surface area contributed by atoms with Gasteiger partial charge in [-0.1, -0.05) is 42.5 Å². The molecular formula is C16H20N2O. The Morgan fingerprint density at radius 3 is 2.53 bits per heavy atom. The Morgan fingerprint density at radius 1 is 1.11 bits per heavy atom. The van der Waals surface area contributed by atoms with Gasteiger partial charge in [-0.05, 0) is 37.1 Å². The molecule has 0 saturated heterocycles. The first-order valence-corrected chi connectivity index (χ1v) is 6.59. The van der Waals surface area contributed by atoms with Crippen LogP contribution in [0.15, 0.2) is 42.5 Å². The zero-order chi connectivity index (χ0) is 13.9. The van der Waals surface area contributed by atoms with Crippen LogP contribution in [0.2, 0.25) is 0 Å². The molecule has 0 radical (unpaired) electrons. The van der Waals surface area contributed by atoms with Crippen LogP contribution in [0.3, 0.4) is 0 Å². The predicted molar refractivity (Wildman–Crippen MR) is 79.2 cm³/mol. The number of benzene rings is 2. The fourth-order valence-electron chi connectivity index (χ4n) is 2.33. The minimum Gasteiger partial charge on any atom is -0.338 e. The van der Waals surface area contributed by atoms with Crippen molar-refractivity contribution in [2.45, 2.75) is 26.3 Å². The Kier molecular flexibility index (Phi) is 3.74. The standard InChI is InChI=1S/C16H20N2O/c1-4-17-15(19)18-16(2,3)14-11-7-9-12-8-5-6-10-13(12)14/h5-11H,4H2,1-3H3,(H2,17,18,19). The lowest BCUT2D eigenvalue weighted by Gasteiger charge is -2.28. The third kappa shape index (κ3) is 2.87. The number of urea groups is 1. The van der Waals surface area contributed by atoms with Crippen molar-refractivity contribution in [3.63, 3.8) is 0 Å². The second-order valence-corrected chi connectivity index (χ2v) is 5.14. The number of carbonyl (C=O) groups is 1. The van der Waals surface area contributed by atoms with Crippen LogP contribution in [-0.4, -0.2) is 12.6 Å². The first kappa shape index (κ1) is 13.4. The number of carbonyl (C=O) groups excluding carboxylic acids is 1. The Hall–Kier alpha value is -2.03. The number of rotatable bonds is 3. The van der Waals surface area contributed by atoms with E-state index >= 15 is 0 Å². The fourth-order valence-corrected chi connectivity index (χ4v) is 2.33. The minimum absolute atomic E-state index is 0.138. The predicted octanol–water partition coefficient (Wildman–Crippen LogP) is 3.39. The van der Waals surface area contributed by atoms with Crippen molar-refractivity contribution in [1.29, 1.82) is 0 Å². The Labute approximate surface area is 114 Å². The molecule has 2 aromatic rings. The Balaban J connectivity index is 2.39. The van der Waals surface area contributed by atoms with E-state index in [9.17, 15) is 4.79 Å². The zero-order valence-corrected chi connectivity index (χ0v) is 11.7. The van der Waals surface area contributed by atoms with Crippen molar-refractivity contribution in [2.24, 2.45) is 0 Å². The van der Waals surface area contributed by atoms with Crippen LogP contribution in [0.5, 0.6) is 0 Å². The first-order chi connectivity index (χ1) is 9.04. The molecule has 2 amide bonds. The monoisotopic (exact) mass is 256 g/mol. The molecule has 0 aromatic heterocycles. The van der Waals surface area contributed by atoms with Gasteiger partial charge in [0.15, 0.2) is 0 Å². The van der Waals surface area contributed by atoms with Gasteiger partial charge in [0.1, 0.15) is 0 Å². The molecule has 0 saturated carbocycles. The number of nitrogens with one attached hydrogen (secondary N) is 2. The van der Waals surface area contributed by atoms with Crippen LogP contribution < -0.4 is 10.6 Å². The summed E-state index contributed by atoms with van der Waals surface area (Å²) < 4.78 is 0. The maximum Gasteiger partial charge on any atom is 0.315 e. The van der Waals surface area contributed by atoms with Gasteiger partial charge in [-0.2, -0.15) is 0 Å². The molecule has 0 spiro atoms. The summed E-state index contributed by atoms with van der Waals surface area (Å²) in [6, 6.07) is 14.3. The Bertz CT molecular complexity index is 585. The molecule has 100 valence electrons. The van der Waals surface area contributed by atoms with Crippen molar-refractivity contribution in [1.82, 2.24) is 10.6 Å². The third-order valence-electron chi connectivity index (χ3n) is 3.23. The van der Waals surface area contributed by atoms with Gasteiger partial charge in [0.25, 0.3) is 0 Å². The first-order valence-electron chi connectivity index (χ1n) is 6.59. The van der Waals surface area contributed by atoms with Crippen LogP contribution >= 0.6 is 0 Å². The molecule has 0 aliphatic carbocycles. The highest BCUT2D eigenvalue weighted by Crippen LogP contribution is 2.28. The summed E-state index contributed by atoms with van der Waals surface area (Å²) >= 11 is 0. The van der Waals surface area contributed by atoms with Crippen molar-refractivity contribution in [3.05, 3.63) is 48.0 Å². The number of amides is 2. The quantitative estimate of drug-likeness (QED) is 0.868. The molecule has 19 heavy (non-hydrogen) atoms. The van der Waals surface area contributed by atoms with Crippen LogP contribution in [0.4, 0.5) is 4.79 Å². The van der Waals surface area contributed by atoms with Gasteiger partial charge in [0.2, 0.25) is 0 Å². The van der Waals surface area contributed by atoms with E-state index in [1.54, 1.807) is 0 Å². The minimum atomic E-state index is -0.417. The molecule has 0 bridgehead atoms. The average molecular weight is 256 g/mol. The molecule has 0 unspecified atom stereocenters. The van der Waals surface area contributed by atoms with E-state index in [0.29, 0.717) is 6.54 Å². The van der Waals surface area contributed by atoms with E-state index in [4.69, 9.17) is 0 Å². The molecule has 0 heterocycles. The summed E-state index contributed by atoms with van der Waals surface area (Å²) in [5.74, 6) is 0. The molecular weight excluding hydrogens is 236 g/mol. The summed E-state index contributed by atoms with van der Waals surface area (Å²) in [4.78, 5) is 11.7. The fraction of sp³-hybridized carbons (Fsp3) is 0.312. The van der Waals surface area contributed by atoms with Gasteiger partial charge >= 0.3 is 6.03 Å². The van der Waals surface area contributed by atoms with Crippen molar-refractivity contribution >= 4 is 16.8 Å². The van der Waals surface area contributed by atoms with Crippen molar-refractivity contribution in [3.8, 4) is 0 Å². The molecule has 2 aromatic carbocycles. The van der Waals surface area contributed by atoms with Gasteiger partial charge < -0.3 is 10.6 Å². The molecule has 2 rings (SSSR count). The van der Waals surface area contributed by atoms with Crippen molar-refractivity contribution < 1.29 is 4.79 Å². The highest BCUT2D eigenvalue weighted by molar-refractivity contribution is 5.87. The van der Waals surface area contributed by atoms with Gasteiger partial charge in [-0.25, -0.2) is 4.79 Å². The molecule has 0 atom stereocenters. The van der Waals surface area contributed by atoms with Gasteiger partial charge in [0, 0.05) is 6.54 Å². The van der Waals surface area contributed by atoms with Gasteiger partial charge in [-0.3, -0.25) is 0 Å². The number of hydrogen-bond donors (Lipinski definition) is 2. The molecule has 2 N–H and O–H groups in total. The van der Waals surface area contributed by atoms with Gasteiger partial charge in [-0.15, -0.1) is 0 Å². The average Bonchev–Trinajstić information content (AvgIpc) is 2.37. The summed E-state index contributed by atoms with van der Waals surface area (Å²) in [6.45, 7) is 6.57. The lowest BCUT2D eigenvalue weighted by atomic mass is 9.89. The van der Waals surface area contributed by atoms with Crippen LogP contribution in [0, 0.1) is 0 Å². The van der Waals surface area contributed by atoms with E-state index in [-0.39, 0.29) is 6.03 Å². The third-order valence-corrected chi connectivity index (χ3v) is 3.23. The largest absolute Gasteiger partial charge is 0.338 e. The van der Waals surface area contributed by atoms with Gasteiger partial charge in [0.05, 0.1) is 5.54 Å². The number of hydrogen-bond acceptors (Lipinski definition) is 1. The summed E-state index contributed by atoms with van der Waals surface area (Å²) in [5.41, 5.74) is 0.706. The topological polar surface area (TPSA) is 41.1 Å².